The molecule has 0 atom stereocenters. The zero-order valence-electron chi connectivity index (χ0n) is 16.4. The van der Waals surface area contributed by atoms with E-state index in [0.29, 0.717) is 17.0 Å². The van der Waals surface area contributed by atoms with Gasteiger partial charge in [-0.2, -0.15) is 8.42 Å². The van der Waals surface area contributed by atoms with Crippen molar-refractivity contribution in [1.82, 2.24) is 0 Å². The first-order chi connectivity index (χ1) is 12.9. The Hall–Kier alpha value is -1.40. The van der Waals surface area contributed by atoms with Gasteiger partial charge in [0, 0.05) is 16.1 Å². The molecule has 0 heterocycles. The standard InChI is InChI=1S/C21H24Cl2O4S/c1-5-6-14-7-8-15(20(24)17-12-16(22)9-10-18(17)23)11-19(14)28(25,26)27-13-21(2,3)4/h7-12H,5-6,13H2,1-4H3. The maximum atomic E-state index is 12.9. The third kappa shape index (κ3) is 5.80. The Morgan fingerprint density at radius 2 is 1.75 bits per heavy atom. The molecule has 0 spiro atoms. The smallest absolute Gasteiger partial charge is 0.289 e. The van der Waals surface area contributed by atoms with Crippen LogP contribution in [0.25, 0.3) is 0 Å². The van der Waals surface area contributed by atoms with Crippen molar-refractivity contribution in [1.29, 1.82) is 0 Å². The van der Waals surface area contributed by atoms with Gasteiger partial charge in [-0.15, -0.1) is 0 Å². The van der Waals surface area contributed by atoms with E-state index in [4.69, 9.17) is 27.4 Å². The van der Waals surface area contributed by atoms with Crippen LogP contribution in [0, 0.1) is 5.41 Å². The molecule has 0 fully saturated rings. The van der Waals surface area contributed by atoms with Crippen molar-refractivity contribution in [2.45, 2.75) is 45.4 Å². The zero-order chi connectivity index (χ0) is 21.1. The third-order valence-electron chi connectivity index (χ3n) is 3.94. The Morgan fingerprint density at radius 1 is 1.07 bits per heavy atom. The highest BCUT2D eigenvalue weighted by Crippen LogP contribution is 2.28. The summed E-state index contributed by atoms with van der Waals surface area (Å²) in [7, 11) is -4.01. The van der Waals surface area contributed by atoms with E-state index in [-0.39, 0.29) is 33.1 Å². The summed E-state index contributed by atoms with van der Waals surface area (Å²) in [6, 6.07) is 9.21. The fraction of sp³-hybridized carbons (Fsp3) is 0.381. The molecule has 2 rings (SSSR count). The molecule has 0 bridgehead atoms. The Labute approximate surface area is 176 Å². The van der Waals surface area contributed by atoms with Gasteiger partial charge >= 0.3 is 0 Å². The van der Waals surface area contributed by atoms with Crippen molar-refractivity contribution >= 4 is 39.1 Å². The number of ketones is 1. The second-order valence-electron chi connectivity index (χ2n) is 7.80. The summed E-state index contributed by atoms with van der Waals surface area (Å²) in [5.41, 5.74) is 0.725. The Kier molecular flexibility index (Phi) is 7.32. The summed E-state index contributed by atoms with van der Waals surface area (Å²) in [6.07, 6.45) is 1.31. The van der Waals surface area contributed by atoms with Crippen LogP contribution in [-0.4, -0.2) is 20.8 Å². The molecule has 0 aliphatic heterocycles. The van der Waals surface area contributed by atoms with Crippen LogP contribution in [0.15, 0.2) is 41.3 Å². The number of halogens is 2. The van der Waals surface area contributed by atoms with E-state index < -0.39 is 15.9 Å². The predicted molar refractivity (Wildman–Crippen MR) is 113 cm³/mol. The third-order valence-corrected chi connectivity index (χ3v) is 5.85. The minimum absolute atomic E-state index is 0.0163. The topological polar surface area (TPSA) is 60.4 Å². The second kappa shape index (κ2) is 8.95. The van der Waals surface area contributed by atoms with Gasteiger partial charge < -0.3 is 0 Å². The van der Waals surface area contributed by atoms with Gasteiger partial charge in [0.25, 0.3) is 10.1 Å². The Balaban J connectivity index is 2.51. The minimum Gasteiger partial charge on any atom is -0.289 e. The van der Waals surface area contributed by atoms with Gasteiger partial charge in [-0.3, -0.25) is 8.98 Å². The molecule has 0 amide bonds. The molecule has 0 saturated carbocycles. The number of hydrogen-bond acceptors (Lipinski definition) is 4. The summed E-state index contributed by atoms with van der Waals surface area (Å²) in [6.45, 7) is 7.65. The van der Waals surface area contributed by atoms with Crippen molar-refractivity contribution in [3.8, 4) is 0 Å². The van der Waals surface area contributed by atoms with Crippen LogP contribution >= 0.6 is 23.2 Å². The Morgan fingerprint density at radius 3 is 2.36 bits per heavy atom. The van der Waals surface area contributed by atoms with Crippen molar-refractivity contribution in [3.63, 3.8) is 0 Å². The van der Waals surface area contributed by atoms with E-state index in [1.54, 1.807) is 18.2 Å². The number of aryl methyl sites for hydroxylation is 1. The Bertz CT molecular complexity index is 976. The van der Waals surface area contributed by atoms with E-state index in [0.717, 1.165) is 6.42 Å². The van der Waals surface area contributed by atoms with Gasteiger partial charge in [0.15, 0.2) is 5.78 Å². The normalized spacial score (nSPS) is 12.2. The maximum absolute atomic E-state index is 12.9. The van der Waals surface area contributed by atoms with Crippen LogP contribution in [0.2, 0.25) is 10.0 Å². The highest BCUT2D eigenvalue weighted by atomic mass is 35.5. The number of rotatable bonds is 7. The van der Waals surface area contributed by atoms with Gasteiger partial charge in [0.1, 0.15) is 0 Å². The molecule has 4 nitrogen and oxygen atoms in total. The molecule has 0 unspecified atom stereocenters. The lowest BCUT2D eigenvalue weighted by Crippen LogP contribution is -2.20. The van der Waals surface area contributed by atoms with Crippen LogP contribution < -0.4 is 0 Å². The maximum Gasteiger partial charge on any atom is 0.297 e. The molecule has 152 valence electrons. The summed E-state index contributed by atoms with van der Waals surface area (Å²) >= 11 is 12.1. The molecule has 0 N–H and O–H groups in total. The average molecular weight is 443 g/mol. The molecular formula is C21H24Cl2O4S. The minimum atomic E-state index is -4.01. The number of carbonyl (C=O) groups excluding carboxylic acids is 1. The molecule has 0 aliphatic rings. The quantitative estimate of drug-likeness (QED) is 0.393. The molecule has 28 heavy (non-hydrogen) atoms. The molecule has 0 aliphatic carbocycles. The molecular weight excluding hydrogens is 419 g/mol. The fourth-order valence-corrected chi connectivity index (χ4v) is 4.32. The largest absolute Gasteiger partial charge is 0.297 e. The van der Waals surface area contributed by atoms with Gasteiger partial charge in [-0.25, -0.2) is 0 Å². The van der Waals surface area contributed by atoms with Crippen LogP contribution in [0.5, 0.6) is 0 Å². The highest BCUT2D eigenvalue weighted by Gasteiger charge is 2.25. The lowest BCUT2D eigenvalue weighted by Gasteiger charge is -2.19. The van der Waals surface area contributed by atoms with E-state index in [1.807, 2.05) is 27.7 Å². The lowest BCUT2D eigenvalue weighted by molar-refractivity contribution is 0.103. The summed E-state index contributed by atoms with van der Waals surface area (Å²) < 4.78 is 30.9. The summed E-state index contributed by atoms with van der Waals surface area (Å²) in [5.74, 6) is -0.400. The van der Waals surface area contributed by atoms with E-state index in [1.165, 1.54) is 18.2 Å². The molecule has 2 aromatic rings. The van der Waals surface area contributed by atoms with Crippen molar-refractivity contribution in [3.05, 3.63) is 63.1 Å². The number of hydrogen-bond donors (Lipinski definition) is 0. The summed E-state index contributed by atoms with van der Waals surface area (Å²) in [4.78, 5) is 12.9. The predicted octanol–water partition coefficient (Wildman–Crippen LogP) is 5.93. The molecule has 7 heteroatoms. The lowest BCUT2D eigenvalue weighted by atomic mass is 9.99. The first-order valence-corrected chi connectivity index (χ1v) is 11.1. The monoisotopic (exact) mass is 442 g/mol. The van der Waals surface area contributed by atoms with Crippen LogP contribution in [0.1, 0.15) is 55.6 Å². The van der Waals surface area contributed by atoms with Crippen LogP contribution in [0.4, 0.5) is 0 Å². The average Bonchev–Trinajstić information content (AvgIpc) is 2.61. The second-order valence-corrected chi connectivity index (χ2v) is 10.2. The van der Waals surface area contributed by atoms with Gasteiger partial charge in [-0.1, -0.05) is 69.5 Å². The van der Waals surface area contributed by atoms with E-state index in [9.17, 15) is 13.2 Å². The molecule has 0 radical (unpaired) electrons. The van der Waals surface area contributed by atoms with Gasteiger partial charge in [0.05, 0.1) is 16.5 Å². The van der Waals surface area contributed by atoms with E-state index >= 15 is 0 Å². The number of carbonyl (C=O) groups is 1. The fourth-order valence-electron chi connectivity index (χ4n) is 2.55. The van der Waals surface area contributed by atoms with Gasteiger partial charge in [0.2, 0.25) is 0 Å². The summed E-state index contributed by atoms with van der Waals surface area (Å²) in [5, 5.41) is 0.622. The highest BCUT2D eigenvalue weighted by molar-refractivity contribution is 7.86. The van der Waals surface area contributed by atoms with Crippen molar-refractivity contribution in [2.24, 2.45) is 5.41 Å². The van der Waals surface area contributed by atoms with Crippen LogP contribution in [0.3, 0.4) is 0 Å². The number of benzene rings is 2. The molecule has 2 aromatic carbocycles. The first kappa shape index (κ1) is 22.9. The van der Waals surface area contributed by atoms with Crippen molar-refractivity contribution in [2.75, 3.05) is 6.61 Å². The van der Waals surface area contributed by atoms with Crippen molar-refractivity contribution < 1.29 is 17.4 Å². The SMILES string of the molecule is CCCc1ccc(C(=O)c2cc(Cl)ccc2Cl)cc1S(=O)(=O)OCC(C)(C)C. The molecule has 0 saturated heterocycles. The first-order valence-electron chi connectivity index (χ1n) is 8.97. The molecule has 0 aromatic heterocycles. The van der Waals surface area contributed by atoms with Crippen LogP contribution in [-0.2, 0) is 20.7 Å². The van der Waals surface area contributed by atoms with Gasteiger partial charge in [-0.05, 0) is 41.7 Å². The zero-order valence-corrected chi connectivity index (χ0v) is 18.7. The van der Waals surface area contributed by atoms with E-state index in [2.05, 4.69) is 0 Å².